The van der Waals surface area contributed by atoms with E-state index in [-0.39, 0.29) is 0 Å². The lowest BCUT2D eigenvalue weighted by molar-refractivity contribution is 0.207. The quantitative estimate of drug-likeness (QED) is 0.881. The molecule has 0 atom stereocenters. The van der Waals surface area contributed by atoms with E-state index in [0.717, 1.165) is 24.0 Å². The summed E-state index contributed by atoms with van der Waals surface area (Å²) in [4.78, 5) is 2.53. The Morgan fingerprint density at radius 2 is 2.11 bits per heavy atom. The lowest BCUT2D eigenvalue weighted by Gasteiger charge is -2.29. The van der Waals surface area contributed by atoms with E-state index in [1.165, 1.54) is 38.0 Å². The summed E-state index contributed by atoms with van der Waals surface area (Å²) in [6.07, 6.45) is 2.62. The molecule has 100 valence electrons. The zero-order valence-electron chi connectivity index (χ0n) is 11.2. The number of hydrogen-bond donors (Lipinski definition) is 1. The Hall–Kier alpha value is -0.570. The third-order valence-corrected chi connectivity index (χ3v) is 3.95. The van der Waals surface area contributed by atoms with Crippen LogP contribution in [0.4, 0.5) is 0 Å². The molecule has 0 aliphatic carbocycles. The summed E-state index contributed by atoms with van der Waals surface area (Å²) in [6, 6.07) is 8.22. The van der Waals surface area contributed by atoms with Crippen LogP contribution in [0.25, 0.3) is 0 Å². The molecule has 0 spiro atoms. The smallest absolute Gasteiger partial charge is 0.0409 e. The van der Waals surface area contributed by atoms with Crippen molar-refractivity contribution in [2.24, 2.45) is 5.92 Å². The summed E-state index contributed by atoms with van der Waals surface area (Å²) in [5.74, 6) is 0.852. The predicted octanol–water partition coefficient (Wildman–Crippen LogP) is 3.16. The van der Waals surface area contributed by atoms with Crippen molar-refractivity contribution >= 4 is 11.6 Å². The second kappa shape index (κ2) is 7.13. The summed E-state index contributed by atoms with van der Waals surface area (Å²) in [7, 11) is 0. The van der Waals surface area contributed by atoms with Crippen LogP contribution >= 0.6 is 11.6 Å². The van der Waals surface area contributed by atoms with Gasteiger partial charge in [-0.05, 0) is 56.1 Å². The summed E-state index contributed by atoms with van der Waals surface area (Å²) in [6.45, 7) is 7.94. The van der Waals surface area contributed by atoms with Gasteiger partial charge in [-0.1, -0.05) is 30.7 Å². The Balaban J connectivity index is 1.88. The van der Waals surface area contributed by atoms with Crippen LogP contribution in [-0.4, -0.2) is 31.1 Å². The van der Waals surface area contributed by atoms with Crippen LogP contribution in [0, 0.1) is 5.92 Å². The Morgan fingerprint density at radius 1 is 1.33 bits per heavy atom. The van der Waals surface area contributed by atoms with Crippen LogP contribution in [0.2, 0.25) is 5.02 Å². The highest BCUT2D eigenvalue weighted by molar-refractivity contribution is 6.30. The van der Waals surface area contributed by atoms with E-state index in [1.54, 1.807) is 0 Å². The van der Waals surface area contributed by atoms with Crippen LogP contribution in [0.5, 0.6) is 0 Å². The first kappa shape index (κ1) is 13.9. The minimum absolute atomic E-state index is 0.838. The molecule has 1 aliphatic heterocycles. The fraction of sp³-hybridized carbons (Fsp3) is 0.600. The van der Waals surface area contributed by atoms with Gasteiger partial charge in [-0.25, -0.2) is 0 Å². The van der Waals surface area contributed by atoms with Gasteiger partial charge in [0.15, 0.2) is 0 Å². The molecule has 0 bridgehead atoms. The van der Waals surface area contributed by atoms with E-state index in [1.807, 2.05) is 12.1 Å². The molecule has 1 aromatic rings. The van der Waals surface area contributed by atoms with Crippen LogP contribution in [0.1, 0.15) is 25.3 Å². The highest BCUT2D eigenvalue weighted by Gasteiger charge is 2.16. The maximum Gasteiger partial charge on any atom is 0.0409 e. The molecule has 0 aromatic heterocycles. The van der Waals surface area contributed by atoms with Crippen molar-refractivity contribution in [3.05, 3.63) is 34.9 Å². The Kier molecular flexibility index (Phi) is 5.48. The van der Waals surface area contributed by atoms with E-state index >= 15 is 0 Å². The van der Waals surface area contributed by atoms with Crippen LogP contribution in [-0.2, 0) is 6.54 Å². The first-order chi connectivity index (χ1) is 8.78. The van der Waals surface area contributed by atoms with Gasteiger partial charge >= 0.3 is 0 Å². The zero-order valence-corrected chi connectivity index (χ0v) is 11.9. The van der Waals surface area contributed by atoms with E-state index in [0.29, 0.717) is 0 Å². The molecule has 2 nitrogen and oxygen atoms in total. The lowest BCUT2D eigenvalue weighted by atomic mass is 9.97. The SMILES string of the molecule is CCN(Cc1cccc(Cl)c1)CC1CCNCC1. The van der Waals surface area contributed by atoms with Gasteiger partial charge in [0.05, 0.1) is 0 Å². The fourth-order valence-electron chi connectivity index (χ4n) is 2.63. The summed E-state index contributed by atoms with van der Waals surface area (Å²) in [5.41, 5.74) is 1.32. The number of halogens is 1. The average Bonchev–Trinajstić information content (AvgIpc) is 2.39. The topological polar surface area (TPSA) is 15.3 Å². The molecule has 1 N–H and O–H groups in total. The summed E-state index contributed by atoms with van der Waals surface area (Å²) < 4.78 is 0. The fourth-order valence-corrected chi connectivity index (χ4v) is 2.84. The maximum absolute atomic E-state index is 6.04. The van der Waals surface area contributed by atoms with Crippen LogP contribution in [0.15, 0.2) is 24.3 Å². The van der Waals surface area contributed by atoms with Gasteiger partial charge in [-0.2, -0.15) is 0 Å². The molecule has 2 rings (SSSR count). The van der Waals surface area contributed by atoms with Gasteiger partial charge in [0, 0.05) is 18.1 Å². The van der Waals surface area contributed by atoms with E-state index in [2.05, 4.69) is 29.3 Å². The summed E-state index contributed by atoms with van der Waals surface area (Å²) in [5, 5.41) is 4.27. The predicted molar refractivity (Wildman–Crippen MR) is 78.0 cm³/mol. The minimum atomic E-state index is 0.838. The molecule has 1 aromatic carbocycles. The second-order valence-electron chi connectivity index (χ2n) is 5.15. The molecule has 1 saturated heterocycles. The first-order valence-corrected chi connectivity index (χ1v) is 7.33. The second-order valence-corrected chi connectivity index (χ2v) is 5.59. The van der Waals surface area contributed by atoms with Crippen molar-refractivity contribution in [1.29, 1.82) is 0 Å². The molecule has 1 fully saturated rings. The minimum Gasteiger partial charge on any atom is -0.317 e. The van der Waals surface area contributed by atoms with Gasteiger partial charge in [-0.15, -0.1) is 0 Å². The molecule has 0 radical (unpaired) electrons. The average molecular weight is 267 g/mol. The molecule has 0 unspecified atom stereocenters. The molecular weight excluding hydrogens is 244 g/mol. The third-order valence-electron chi connectivity index (χ3n) is 3.72. The normalized spacial score (nSPS) is 17.3. The van der Waals surface area contributed by atoms with Crippen LogP contribution < -0.4 is 5.32 Å². The largest absolute Gasteiger partial charge is 0.317 e. The third kappa shape index (κ3) is 4.27. The highest BCUT2D eigenvalue weighted by Crippen LogP contribution is 2.17. The molecule has 0 saturated carbocycles. The Bertz CT molecular complexity index is 361. The van der Waals surface area contributed by atoms with E-state index in [9.17, 15) is 0 Å². The van der Waals surface area contributed by atoms with Gasteiger partial charge in [0.25, 0.3) is 0 Å². The number of nitrogens with one attached hydrogen (secondary N) is 1. The van der Waals surface area contributed by atoms with Crippen molar-refractivity contribution < 1.29 is 0 Å². The molecular formula is C15H23ClN2. The Labute approximate surface area is 115 Å². The lowest BCUT2D eigenvalue weighted by Crippen LogP contribution is -2.35. The standard InChI is InChI=1S/C15H23ClN2/c1-2-18(11-13-6-8-17-9-7-13)12-14-4-3-5-15(16)10-14/h3-5,10,13,17H,2,6-9,11-12H2,1H3. The van der Waals surface area contributed by atoms with Crippen molar-refractivity contribution in [3.8, 4) is 0 Å². The first-order valence-electron chi connectivity index (χ1n) is 6.95. The van der Waals surface area contributed by atoms with Gasteiger partial charge in [-0.3, -0.25) is 4.90 Å². The van der Waals surface area contributed by atoms with Crippen molar-refractivity contribution in [2.45, 2.75) is 26.3 Å². The van der Waals surface area contributed by atoms with Crippen LogP contribution in [0.3, 0.4) is 0 Å². The van der Waals surface area contributed by atoms with Crippen molar-refractivity contribution in [2.75, 3.05) is 26.2 Å². The maximum atomic E-state index is 6.04. The van der Waals surface area contributed by atoms with E-state index in [4.69, 9.17) is 11.6 Å². The summed E-state index contributed by atoms with van der Waals surface area (Å²) >= 11 is 6.04. The Morgan fingerprint density at radius 3 is 2.78 bits per heavy atom. The van der Waals surface area contributed by atoms with Crippen molar-refractivity contribution in [3.63, 3.8) is 0 Å². The molecule has 1 aliphatic rings. The number of piperidine rings is 1. The van der Waals surface area contributed by atoms with Gasteiger partial charge in [0.2, 0.25) is 0 Å². The van der Waals surface area contributed by atoms with Crippen molar-refractivity contribution in [1.82, 2.24) is 10.2 Å². The van der Waals surface area contributed by atoms with E-state index < -0.39 is 0 Å². The monoisotopic (exact) mass is 266 g/mol. The van der Waals surface area contributed by atoms with Gasteiger partial charge < -0.3 is 5.32 Å². The number of rotatable bonds is 5. The molecule has 3 heteroatoms. The highest BCUT2D eigenvalue weighted by atomic mass is 35.5. The van der Waals surface area contributed by atoms with Gasteiger partial charge in [0.1, 0.15) is 0 Å². The number of hydrogen-bond acceptors (Lipinski definition) is 2. The molecule has 18 heavy (non-hydrogen) atoms. The zero-order chi connectivity index (χ0) is 12.8. The molecule has 1 heterocycles. The number of nitrogens with zero attached hydrogens (tertiary/aromatic N) is 1. The number of benzene rings is 1. The molecule has 0 amide bonds.